The molecule has 2 aromatic rings. The molecule has 4 heterocycles. The van der Waals surface area contributed by atoms with Crippen LogP contribution < -0.4 is 9.80 Å². The van der Waals surface area contributed by atoms with Crippen LogP contribution in [0.2, 0.25) is 0 Å². The minimum Gasteiger partial charge on any atom is -0.355 e. The number of hydrogen-bond acceptors (Lipinski definition) is 6. The molecular weight excluding hydrogens is 320 g/mol. The minimum atomic E-state index is 0.450. The van der Waals surface area contributed by atoms with Crippen LogP contribution >= 0.6 is 11.8 Å². The molecule has 128 valence electrons. The summed E-state index contributed by atoms with van der Waals surface area (Å²) in [6.45, 7) is 6.52. The molecule has 0 saturated carbocycles. The van der Waals surface area contributed by atoms with Crippen molar-refractivity contribution >= 4 is 23.4 Å². The van der Waals surface area contributed by atoms with Crippen molar-refractivity contribution < 1.29 is 0 Å². The molecule has 24 heavy (non-hydrogen) atoms. The Hall–Kier alpha value is -1.76. The molecule has 4 rings (SSSR count). The van der Waals surface area contributed by atoms with E-state index in [1.165, 1.54) is 17.9 Å². The molecule has 6 nitrogen and oxygen atoms in total. The molecule has 2 aromatic heterocycles. The van der Waals surface area contributed by atoms with E-state index in [2.05, 4.69) is 48.5 Å². The van der Waals surface area contributed by atoms with Crippen molar-refractivity contribution in [1.29, 1.82) is 0 Å². The predicted octanol–water partition coefficient (Wildman–Crippen LogP) is 2.31. The summed E-state index contributed by atoms with van der Waals surface area (Å²) in [5, 5.41) is 0. The summed E-state index contributed by atoms with van der Waals surface area (Å²) in [6, 6.07) is 2.61. The van der Waals surface area contributed by atoms with E-state index in [-0.39, 0.29) is 0 Å². The molecule has 2 atom stereocenters. The lowest BCUT2D eigenvalue weighted by Crippen LogP contribution is -2.41. The highest BCUT2D eigenvalue weighted by Crippen LogP contribution is 2.30. The molecular formula is C17H24N6S. The Morgan fingerprint density at radius 1 is 1.08 bits per heavy atom. The number of aromatic nitrogens is 4. The van der Waals surface area contributed by atoms with E-state index >= 15 is 0 Å². The Kier molecular flexibility index (Phi) is 4.60. The first-order valence-electron chi connectivity index (χ1n) is 8.68. The maximum absolute atomic E-state index is 4.56. The molecule has 2 aliphatic heterocycles. The molecule has 0 spiro atoms. The second kappa shape index (κ2) is 7.01. The smallest absolute Gasteiger partial charge is 0.134 e. The summed E-state index contributed by atoms with van der Waals surface area (Å²) in [5.74, 6) is 5.14. The van der Waals surface area contributed by atoms with Gasteiger partial charge in [0.1, 0.15) is 18.0 Å². The largest absolute Gasteiger partial charge is 0.355 e. The van der Waals surface area contributed by atoms with Crippen LogP contribution in [0.25, 0.3) is 0 Å². The van der Waals surface area contributed by atoms with Crippen molar-refractivity contribution in [1.82, 2.24) is 19.5 Å². The van der Waals surface area contributed by atoms with Crippen LogP contribution in [0.3, 0.4) is 0 Å². The Morgan fingerprint density at radius 3 is 2.62 bits per heavy atom. The van der Waals surface area contributed by atoms with Gasteiger partial charge in [0.05, 0.1) is 12.4 Å². The normalized spacial score (nSPS) is 25.0. The summed E-state index contributed by atoms with van der Waals surface area (Å²) in [5.41, 5.74) is 0. The lowest BCUT2D eigenvalue weighted by atomic mass is 9.93. The molecule has 0 aromatic carbocycles. The lowest BCUT2D eigenvalue weighted by Gasteiger charge is -2.38. The average Bonchev–Trinajstić information content (AvgIpc) is 3.17. The van der Waals surface area contributed by atoms with Crippen LogP contribution in [0.1, 0.15) is 19.4 Å². The highest BCUT2D eigenvalue weighted by molar-refractivity contribution is 7.99. The van der Waals surface area contributed by atoms with E-state index < -0.39 is 0 Å². The van der Waals surface area contributed by atoms with Crippen LogP contribution in [0.5, 0.6) is 0 Å². The van der Waals surface area contributed by atoms with E-state index in [0.717, 1.165) is 37.8 Å². The van der Waals surface area contributed by atoms with Gasteiger partial charge in [0.25, 0.3) is 0 Å². The van der Waals surface area contributed by atoms with Crippen molar-refractivity contribution in [3.63, 3.8) is 0 Å². The maximum atomic E-state index is 4.56. The van der Waals surface area contributed by atoms with Crippen molar-refractivity contribution in [3.8, 4) is 0 Å². The minimum absolute atomic E-state index is 0.450. The van der Waals surface area contributed by atoms with E-state index in [9.17, 15) is 0 Å². The van der Waals surface area contributed by atoms with E-state index in [1.807, 2.05) is 24.3 Å². The highest BCUT2D eigenvalue weighted by Gasteiger charge is 2.28. The SMILES string of the molecule is C[C@H]1CCN(c2cc(N3CCSCC3)ncn2)C[C@@H]1n1ccnc1. The van der Waals surface area contributed by atoms with Crippen LogP contribution in [-0.2, 0) is 0 Å². The summed E-state index contributed by atoms with van der Waals surface area (Å²) < 4.78 is 2.24. The Labute approximate surface area is 147 Å². The highest BCUT2D eigenvalue weighted by atomic mass is 32.2. The zero-order valence-electron chi connectivity index (χ0n) is 14.1. The number of nitrogens with zero attached hydrogens (tertiary/aromatic N) is 6. The Bertz CT molecular complexity index is 655. The first-order valence-corrected chi connectivity index (χ1v) is 9.84. The third-order valence-electron chi connectivity index (χ3n) is 5.12. The second-order valence-electron chi connectivity index (χ2n) is 6.62. The summed E-state index contributed by atoms with van der Waals surface area (Å²) in [6.07, 6.45) is 8.75. The molecule has 0 unspecified atom stereocenters. The molecule has 2 fully saturated rings. The van der Waals surface area contributed by atoms with Gasteiger partial charge in [-0.15, -0.1) is 0 Å². The standard InChI is InChI=1S/C17H24N6S/c1-14-2-4-22(11-15(14)23-5-3-18-13-23)17-10-16(19-12-20-17)21-6-8-24-9-7-21/h3,5,10,12-15H,2,4,6-9,11H2,1H3/t14-,15-/m0/s1. The fourth-order valence-electron chi connectivity index (χ4n) is 3.59. The molecule has 7 heteroatoms. The van der Waals surface area contributed by atoms with Crippen LogP contribution in [-0.4, -0.2) is 57.2 Å². The Balaban J connectivity index is 1.53. The summed E-state index contributed by atoms with van der Waals surface area (Å²) in [7, 11) is 0. The quantitative estimate of drug-likeness (QED) is 0.852. The summed E-state index contributed by atoms with van der Waals surface area (Å²) >= 11 is 2.02. The maximum Gasteiger partial charge on any atom is 0.134 e. The molecule has 2 saturated heterocycles. The van der Waals surface area contributed by atoms with Crippen molar-refractivity contribution in [2.24, 2.45) is 5.92 Å². The lowest BCUT2D eigenvalue weighted by molar-refractivity contribution is 0.298. The first-order chi connectivity index (χ1) is 11.8. The molecule has 2 aliphatic rings. The molecule has 0 N–H and O–H groups in total. The Morgan fingerprint density at radius 2 is 1.88 bits per heavy atom. The first kappa shape index (κ1) is 15.7. The van der Waals surface area contributed by atoms with Gasteiger partial charge in [-0.1, -0.05) is 6.92 Å². The third kappa shape index (κ3) is 3.22. The molecule has 0 aliphatic carbocycles. The van der Waals surface area contributed by atoms with Gasteiger partial charge >= 0.3 is 0 Å². The predicted molar refractivity (Wildman–Crippen MR) is 98.8 cm³/mol. The van der Waals surface area contributed by atoms with E-state index in [1.54, 1.807) is 6.33 Å². The molecule has 0 amide bonds. The van der Waals surface area contributed by atoms with Crippen LogP contribution in [0.4, 0.5) is 11.6 Å². The fourth-order valence-corrected chi connectivity index (χ4v) is 4.49. The van der Waals surface area contributed by atoms with Crippen molar-refractivity contribution in [2.75, 3.05) is 47.5 Å². The number of rotatable bonds is 3. The summed E-state index contributed by atoms with van der Waals surface area (Å²) in [4.78, 5) is 18.1. The number of imidazole rings is 1. The van der Waals surface area contributed by atoms with Gasteiger partial charge < -0.3 is 14.4 Å². The number of hydrogen-bond donors (Lipinski definition) is 0. The number of thioether (sulfide) groups is 1. The second-order valence-corrected chi connectivity index (χ2v) is 7.85. The van der Waals surface area contributed by atoms with Crippen molar-refractivity contribution in [3.05, 3.63) is 31.1 Å². The number of piperidine rings is 1. The topological polar surface area (TPSA) is 50.1 Å². The van der Waals surface area contributed by atoms with E-state index in [4.69, 9.17) is 0 Å². The van der Waals surface area contributed by atoms with Gasteiger partial charge in [0.15, 0.2) is 0 Å². The van der Waals surface area contributed by atoms with Crippen molar-refractivity contribution in [2.45, 2.75) is 19.4 Å². The third-order valence-corrected chi connectivity index (χ3v) is 6.07. The molecule has 0 radical (unpaired) electrons. The van der Waals surface area contributed by atoms with Gasteiger partial charge in [-0.05, 0) is 12.3 Å². The van der Waals surface area contributed by atoms with Crippen LogP contribution in [0, 0.1) is 5.92 Å². The number of anilines is 2. The monoisotopic (exact) mass is 344 g/mol. The zero-order chi connectivity index (χ0) is 16.4. The van der Waals surface area contributed by atoms with Gasteiger partial charge in [0.2, 0.25) is 0 Å². The van der Waals surface area contributed by atoms with E-state index in [0.29, 0.717) is 12.0 Å². The van der Waals surface area contributed by atoms with Gasteiger partial charge in [-0.2, -0.15) is 11.8 Å². The van der Waals surface area contributed by atoms with Gasteiger partial charge in [-0.25, -0.2) is 15.0 Å². The average molecular weight is 344 g/mol. The van der Waals surface area contributed by atoms with Gasteiger partial charge in [-0.3, -0.25) is 0 Å². The zero-order valence-corrected chi connectivity index (χ0v) is 14.9. The van der Waals surface area contributed by atoms with Crippen LogP contribution in [0.15, 0.2) is 31.1 Å². The molecule has 0 bridgehead atoms. The fraction of sp³-hybridized carbons (Fsp3) is 0.588. The van der Waals surface area contributed by atoms with Gasteiger partial charge in [0, 0.05) is 56.1 Å².